The van der Waals surface area contributed by atoms with Gasteiger partial charge in [-0.15, -0.1) is 11.3 Å². The largest absolute Gasteiger partial charge is 0.497 e. The minimum Gasteiger partial charge on any atom is -0.497 e. The van der Waals surface area contributed by atoms with Crippen molar-refractivity contribution in [3.63, 3.8) is 0 Å². The van der Waals surface area contributed by atoms with Crippen LogP contribution in [0.25, 0.3) is 11.1 Å². The van der Waals surface area contributed by atoms with Gasteiger partial charge in [-0.1, -0.05) is 12.1 Å². The SMILES string of the molecule is CN=C(NCc1cc(-c2ccc(OC)cc2)cs1)N1CCC2(CCOC2)C1. The van der Waals surface area contributed by atoms with E-state index in [1.54, 1.807) is 18.4 Å². The van der Waals surface area contributed by atoms with Crippen LogP contribution >= 0.6 is 11.3 Å². The van der Waals surface area contributed by atoms with E-state index in [-0.39, 0.29) is 0 Å². The Hall–Kier alpha value is -2.05. The molecule has 1 N–H and O–H groups in total. The number of nitrogens with one attached hydrogen (secondary N) is 1. The van der Waals surface area contributed by atoms with Crippen LogP contribution in [0.15, 0.2) is 40.7 Å². The summed E-state index contributed by atoms with van der Waals surface area (Å²) in [7, 11) is 3.56. The fraction of sp³-hybridized carbons (Fsp3) is 0.476. The molecule has 4 rings (SSSR count). The number of hydrogen-bond acceptors (Lipinski definition) is 4. The summed E-state index contributed by atoms with van der Waals surface area (Å²) in [6.07, 6.45) is 2.38. The number of thiophene rings is 1. The molecule has 1 aromatic carbocycles. The first-order valence-electron chi connectivity index (χ1n) is 9.47. The molecular formula is C21H27N3O2S. The van der Waals surface area contributed by atoms with Crippen molar-refractivity contribution in [1.82, 2.24) is 10.2 Å². The van der Waals surface area contributed by atoms with Crippen molar-refractivity contribution in [1.29, 1.82) is 0 Å². The van der Waals surface area contributed by atoms with Gasteiger partial charge in [0.25, 0.3) is 0 Å². The molecule has 144 valence electrons. The monoisotopic (exact) mass is 385 g/mol. The molecule has 2 aliphatic heterocycles. The molecule has 1 atom stereocenters. The van der Waals surface area contributed by atoms with Gasteiger partial charge in [0.05, 0.1) is 20.3 Å². The zero-order chi connectivity index (χ0) is 18.7. The molecule has 2 saturated heterocycles. The fourth-order valence-electron chi connectivity index (χ4n) is 3.99. The Morgan fingerprint density at radius 1 is 1.30 bits per heavy atom. The lowest BCUT2D eigenvalue weighted by Crippen LogP contribution is -2.41. The number of methoxy groups -OCH3 is 1. The molecule has 0 bridgehead atoms. The number of nitrogens with zero attached hydrogens (tertiary/aromatic N) is 2. The minimum absolute atomic E-state index is 0.349. The lowest BCUT2D eigenvalue weighted by Gasteiger charge is -2.24. The summed E-state index contributed by atoms with van der Waals surface area (Å²) in [6.45, 7) is 4.71. The van der Waals surface area contributed by atoms with Gasteiger partial charge in [-0.3, -0.25) is 4.99 Å². The molecule has 0 aliphatic carbocycles. The highest BCUT2D eigenvalue weighted by Gasteiger charge is 2.42. The maximum Gasteiger partial charge on any atom is 0.193 e. The number of benzene rings is 1. The van der Waals surface area contributed by atoms with Crippen molar-refractivity contribution in [3.8, 4) is 16.9 Å². The van der Waals surface area contributed by atoms with E-state index in [0.29, 0.717) is 5.41 Å². The third-order valence-corrected chi connectivity index (χ3v) is 6.57. The molecule has 5 nitrogen and oxygen atoms in total. The minimum atomic E-state index is 0.349. The van der Waals surface area contributed by atoms with Crippen LogP contribution in [0.5, 0.6) is 5.75 Å². The van der Waals surface area contributed by atoms with Crippen molar-refractivity contribution in [2.24, 2.45) is 10.4 Å². The smallest absolute Gasteiger partial charge is 0.193 e. The number of aliphatic imine (C=N–C) groups is 1. The Bertz CT molecular complexity index is 794. The summed E-state index contributed by atoms with van der Waals surface area (Å²) in [5, 5.41) is 5.75. The van der Waals surface area contributed by atoms with Crippen LogP contribution in [-0.2, 0) is 11.3 Å². The quantitative estimate of drug-likeness (QED) is 0.645. The molecule has 2 aromatic rings. The topological polar surface area (TPSA) is 46.1 Å². The van der Waals surface area contributed by atoms with Gasteiger partial charge in [0.15, 0.2) is 5.96 Å². The van der Waals surface area contributed by atoms with Gasteiger partial charge >= 0.3 is 0 Å². The predicted molar refractivity (Wildman–Crippen MR) is 111 cm³/mol. The zero-order valence-electron chi connectivity index (χ0n) is 16.0. The van der Waals surface area contributed by atoms with Crippen molar-refractivity contribution in [2.75, 3.05) is 40.5 Å². The van der Waals surface area contributed by atoms with E-state index < -0.39 is 0 Å². The van der Waals surface area contributed by atoms with E-state index in [4.69, 9.17) is 9.47 Å². The number of rotatable bonds is 4. The fourth-order valence-corrected chi connectivity index (χ4v) is 4.83. The third kappa shape index (κ3) is 3.96. The average molecular weight is 386 g/mol. The summed E-state index contributed by atoms with van der Waals surface area (Å²) in [4.78, 5) is 8.19. The van der Waals surface area contributed by atoms with Crippen LogP contribution in [0.1, 0.15) is 17.7 Å². The first-order valence-corrected chi connectivity index (χ1v) is 10.3. The first kappa shape index (κ1) is 18.3. The predicted octanol–water partition coefficient (Wildman–Crippen LogP) is 3.61. The van der Waals surface area contributed by atoms with Crippen LogP contribution in [-0.4, -0.2) is 51.3 Å². The molecule has 6 heteroatoms. The number of ether oxygens (including phenoxy) is 2. The summed E-state index contributed by atoms with van der Waals surface area (Å²) in [5.74, 6) is 1.88. The molecule has 3 heterocycles. The van der Waals surface area contributed by atoms with Crippen molar-refractivity contribution < 1.29 is 9.47 Å². The van der Waals surface area contributed by atoms with Gasteiger partial charge in [0.1, 0.15) is 5.75 Å². The Morgan fingerprint density at radius 2 is 2.15 bits per heavy atom. The van der Waals surface area contributed by atoms with Crippen molar-refractivity contribution >= 4 is 17.3 Å². The molecule has 1 unspecified atom stereocenters. The Morgan fingerprint density at radius 3 is 2.85 bits per heavy atom. The van der Waals surface area contributed by atoms with E-state index in [1.807, 2.05) is 19.2 Å². The van der Waals surface area contributed by atoms with Crippen molar-refractivity contribution in [2.45, 2.75) is 19.4 Å². The number of likely N-dealkylation sites (tertiary alicyclic amines) is 1. The van der Waals surface area contributed by atoms with Crippen LogP contribution in [0.3, 0.4) is 0 Å². The lowest BCUT2D eigenvalue weighted by molar-refractivity contribution is 0.156. The molecule has 0 amide bonds. The maximum absolute atomic E-state index is 5.64. The third-order valence-electron chi connectivity index (χ3n) is 5.63. The number of guanidine groups is 1. The summed E-state index contributed by atoms with van der Waals surface area (Å²) >= 11 is 1.78. The number of hydrogen-bond donors (Lipinski definition) is 1. The van der Waals surface area contributed by atoms with Gasteiger partial charge < -0.3 is 19.7 Å². The second-order valence-electron chi connectivity index (χ2n) is 7.41. The summed E-state index contributed by atoms with van der Waals surface area (Å²) in [6, 6.07) is 10.5. The van der Waals surface area contributed by atoms with Gasteiger partial charge in [0, 0.05) is 37.0 Å². The van der Waals surface area contributed by atoms with Gasteiger partial charge in [-0.25, -0.2) is 0 Å². The molecule has 1 aromatic heterocycles. The van der Waals surface area contributed by atoms with E-state index in [2.05, 4.69) is 38.8 Å². The van der Waals surface area contributed by atoms with Crippen LogP contribution in [0.4, 0.5) is 0 Å². The van der Waals surface area contributed by atoms with Gasteiger partial charge in [-0.05, 0) is 47.5 Å². The first-order chi connectivity index (χ1) is 13.2. The lowest BCUT2D eigenvalue weighted by atomic mass is 9.87. The second kappa shape index (κ2) is 7.90. The van der Waals surface area contributed by atoms with Crippen LogP contribution in [0, 0.1) is 5.41 Å². The Kier molecular flexibility index (Phi) is 5.36. The molecule has 0 radical (unpaired) electrons. The normalized spacial score (nSPS) is 22.6. The summed E-state index contributed by atoms with van der Waals surface area (Å²) in [5.41, 5.74) is 2.81. The van der Waals surface area contributed by atoms with Gasteiger partial charge in [0.2, 0.25) is 0 Å². The summed E-state index contributed by atoms with van der Waals surface area (Å²) < 4.78 is 10.9. The van der Waals surface area contributed by atoms with Crippen LogP contribution in [0.2, 0.25) is 0 Å². The van der Waals surface area contributed by atoms with Crippen molar-refractivity contribution in [3.05, 3.63) is 40.6 Å². The molecule has 0 saturated carbocycles. The Balaban J connectivity index is 1.36. The van der Waals surface area contributed by atoms with Crippen LogP contribution < -0.4 is 10.1 Å². The maximum atomic E-state index is 5.64. The molecule has 2 fully saturated rings. The average Bonchev–Trinajstić information content (AvgIpc) is 3.45. The van der Waals surface area contributed by atoms with E-state index >= 15 is 0 Å². The molecular weight excluding hydrogens is 358 g/mol. The van der Waals surface area contributed by atoms with E-state index in [1.165, 1.54) is 28.8 Å². The molecule has 27 heavy (non-hydrogen) atoms. The van der Waals surface area contributed by atoms with E-state index in [0.717, 1.165) is 44.6 Å². The molecule has 2 aliphatic rings. The Labute approximate surface area is 165 Å². The molecule has 1 spiro atoms. The standard InChI is InChI=1S/C21H27N3O2S/c1-22-20(24-9-7-21(14-24)8-10-26-15-21)23-12-19-11-17(13-27-19)16-3-5-18(25-2)6-4-16/h3-6,11,13H,7-10,12,14-15H2,1-2H3,(H,22,23). The highest BCUT2D eigenvalue weighted by atomic mass is 32.1. The second-order valence-corrected chi connectivity index (χ2v) is 8.40. The highest BCUT2D eigenvalue weighted by Crippen LogP contribution is 2.38. The highest BCUT2D eigenvalue weighted by molar-refractivity contribution is 7.10. The van der Waals surface area contributed by atoms with E-state index in [9.17, 15) is 0 Å². The zero-order valence-corrected chi connectivity index (χ0v) is 16.8. The van der Waals surface area contributed by atoms with Gasteiger partial charge in [-0.2, -0.15) is 0 Å².